The second-order valence-electron chi connectivity index (χ2n) is 5.45. The van der Waals surface area contributed by atoms with Gasteiger partial charge in [-0.2, -0.15) is 5.10 Å². The summed E-state index contributed by atoms with van der Waals surface area (Å²) in [5, 5.41) is 26.4. The lowest BCUT2D eigenvalue weighted by molar-refractivity contribution is 0.282. The van der Waals surface area contributed by atoms with Crippen molar-refractivity contribution < 1.29 is 5.11 Å². The van der Waals surface area contributed by atoms with Gasteiger partial charge in [-0.1, -0.05) is 41.2 Å². The standard InChI is InChI=1S/C17H15N5OS/c23-11-12-2-5-15(6-3-12)24-17-10-22(21-20-17)9-13-1-4-14-8-18-19-16(14)7-13/h1-8,10,23H,9,11H2,(H,18,19). The Balaban J connectivity index is 1.47. The Morgan fingerprint density at radius 3 is 2.75 bits per heavy atom. The Kier molecular flexibility index (Phi) is 4.02. The number of aromatic nitrogens is 5. The first-order valence-electron chi connectivity index (χ1n) is 7.50. The van der Waals surface area contributed by atoms with Gasteiger partial charge in [0, 0.05) is 10.3 Å². The number of H-pyrrole nitrogens is 1. The highest BCUT2D eigenvalue weighted by Crippen LogP contribution is 2.26. The molecule has 0 fully saturated rings. The summed E-state index contributed by atoms with van der Waals surface area (Å²) in [7, 11) is 0. The van der Waals surface area contributed by atoms with Gasteiger partial charge in [-0.15, -0.1) is 5.10 Å². The molecule has 0 bridgehead atoms. The smallest absolute Gasteiger partial charge is 0.143 e. The molecule has 0 atom stereocenters. The Hall–Kier alpha value is -2.64. The summed E-state index contributed by atoms with van der Waals surface area (Å²) in [6.07, 6.45) is 3.74. The van der Waals surface area contributed by atoms with E-state index in [-0.39, 0.29) is 6.61 Å². The fraction of sp³-hybridized carbons (Fsp3) is 0.118. The average Bonchev–Trinajstić information content (AvgIpc) is 3.24. The van der Waals surface area contributed by atoms with Crippen LogP contribution in [0.4, 0.5) is 0 Å². The Labute approximate surface area is 142 Å². The molecule has 0 unspecified atom stereocenters. The third-order valence-corrected chi connectivity index (χ3v) is 4.60. The number of nitrogens with zero attached hydrogens (tertiary/aromatic N) is 4. The Morgan fingerprint density at radius 2 is 1.92 bits per heavy atom. The molecular formula is C17H15N5OS. The van der Waals surface area contributed by atoms with Gasteiger partial charge >= 0.3 is 0 Å². The normalized spacial score (nSPS) is 11.2. The Morgan fingerprint density at radius 1 is 1.08 bits per heavy atom. The average molecular weight is 337 g/mol. The zero-order valence-electron chi connectivity index (χ0n) is 12.8. The monoisotopic (exact) mass is 337 g/mol. The highest BCUT2D eigenvalue weighted by molar-refractivity contribution is 7.99. The van der Waals surface area contributed by atoms with Crippen molar-refractivity contribution >= 4 is 22.7 Å². The first kappa shape index (κ1) is 14.9. The summed E-state index contributed by atoms with van der Waals surface area (Å²) < 4.78 is 1.82. The first-order chi connectivity index (χ1) is 11.8. The van der Waals surface area contributed by atoms with Crippen LogP contribution in [-0.4, -0.2) is 30.3 Å². The van der Waals surface area contributed by atoms with Gasteiger partial charge in [-0.05, 0) is 29.3 Å². The molecule has 2 heterocycles. The largest absolute Gasteiger partial charge is 0.392 e. The van der Waals surface area contributed by atoms with E-state index in [0.29, 0.717) is 6.54 Å². The van der Waals surface area contributed by atoms with Crippen LogP contribution in [0.1, 0.15) is 11.1 Å². The van der Waals surface area contributed by atoms with Gasteiger partial charge in [0.1, 0.15) is 5.03 Å². The minimum Gasteiger partial charge on any atom is -0.392 e. The minimum atomic E-state index is 0.0573. The van der Waals surface area contributed by atoms with Gasteiger partial charge in [0.25, 0.3) is 0 Å². The van der Waals surface area contributed by atoms with E-state index in [0.717, 1.165) is 32.0 Å². The highest BCUT2D eigenvalue weighted by Gasteiger charge is 2.05. The van der Waals surface area contributed by atoms with Crippen LogP contribution in [0.3, 0.4) is 0 Å². The zero-order chi connectivity index (χ0) is 16.4. The van der Waals surface area contributed by atoms with Crippen LogP contribution < -0.4 is 0 Å². The van der Waals surface area contributed by atoms with E-state index in [1.165, 1.54) is 0 Å². The van der Waals surface area contributed by atoms with Gasteiger partial charge in [0.05, 0.1) is 31.1 Å². The predicted octanol–water partition coefficient (Wildman–Crippen LogP) is 2.85. The van der Waals surface area contributed by atoms with E-state index >= 15 is 0 Å². The van der Waals surface area contributed by atoms with Crippen LogP contribution in [0.25, 0.3) is 10.9 Å². The lowest BCUT2D eigenvalue weighted by atomic mass is 10.2. The number of hydrogen-bond acceptors (Lipinski definition) is 5. The lowest BCUT2D eigenvalue weighted by Crippen LogP contribution is -2.00. The van der Waals surface area contributed by atoms with E-state index in [1.54, 1.807) is 11.8 Å². The molecule has 120 valence electrons. The molecule has 2 N–H and O–H groups in total. The van der Waals surface area contributed by atoms with Crippen molar-refractivity contribution in [3.63, 3.8) is 0 Å². The van der Waals surface area contributed by atoms with Gasteiger partial charge in [-0.25, -0.2) is 4.68 Å². The van der Waals surface area contributed by atoms with Crippen LogP contribution in [0, 0.1) is 0 Å². The number of aliphatic hydroxyl groups excluding tert-OH is 1. The van der Waals surface area contributed by atoms with Gasteiger partial charge < -0.3 is 5.11 Å². The molecule has 0 aliphatic rings. The molecule has 2 aromatic heterocycles. The molecule has 4 aromatic rings. The minimum absolute atomic E-state index is 0.0573. The number of aromatic amines is 1. The molecule has 2 aromatic carbocycles. The molecule has 0 aliphatic carbocycles. The second kappa shape index (κ2) is 6.46. The topological polar surface area (TPSA) is 79.6 Å². The van der Waals surface area contributed by atoms with Crippen molar-refractivity contribution in [3.05, 3.63) is 66.0 Å². The number of nitrogens with one attached hydrogen (secondary N) is 1. The van der Waals surface area contributed by atoms with Gasteiger partial charge in [0.15, 0.2) is 0 Å². The number of rotatable bonds is 5. The predicted molar refractivity (Wildman–Crippen MR) is 91.7 cm³/mol. The molecule has 0 saturated carbocycles. The summed E-state index contributed by atoms with van der Waals surface area (Å²) in [6, 6.07) is 14.0. The Bertz CT molecular complexity index is 960. The van der Waals surface area contributed by atoms with E-state index in [2.05, 4.69) is 32.6 Å². The summed E-state index contributed by atoms with van der Waals surface area (Å²) >= 11 is 1.55. The number of hydrogen-bond donors (Lipinski definition) is 2. The number of fused-ring (bicyclic) bond motifs is 1. The van der Waals surface area contributed by atoms with Crippen LogP contribution >= 0.6 is 11.8 Å². The number of aliphatic hydroxyl groups is 1. The van der Waals surface area contributed by atoms with Crippen molar-refractivity contribution in [2.24, 2.45) is 0 Å². The molecule has 0 aliphatic heterocycles. The molecule has 4 rings (SSSR count). The van der Waals surface area contributed by atoms with Gasteiger partial charge in [-0.3, -0.25) is 5.10 Å². The zero-order valence-corrected chi connectivity index (χ0v) is 13.6. The maximum absolute atomic E-state index is 9.08. The van der Waals surface area contributed by atoms with E-state index < -0.39 is 0 Å². The number of benzene rings is 2. The van der Waals surface area contributed by atoms with Crippen molar-refractivity contribution in [1.82, 2.24) is 25.2 Å². The first-order valence-corrected chi connectivity index (χ1v) is 8.31. The van der Waals surface area contributed by atoms with E-state index in [4.69, 9.17) is 5.11 Å². The van der Waals surface area contributed by atoms with E-state index in [1.807, 2.05) is 47.4 Å². The molecule has 0 amide bonds. The fourth-order valence-corrected chi connectivity index (χ4v) is 3.22. The summed E-state index contributed by atoms with van der Waals surface area (Å²) in [5.41, 5.74) is 3.06. The summed E-state index contributed by atoms with van der Waals surface area (Å²) in [6.45, 7) is 0.716. The van der Waals surface area contributed by atoms with Crippen molar-refractivity contribution in [3.8, 4) is 0 Å². The molecule has 0 radical (unpaired) electrons. The van der Waals surface area contributed by atoms with E-state index in [9.17, 15) is 0 Å². The van der Waals surface area contributed by atoms with Crippen LogP contribution in [0.5, 0.6) is 0 Å². The molecular weight excluding hydrogens is 322 g/mol. The maximum Gasteiger partial charge on any atom is 0.143 e. The molecule has 6 nitrogen and oxygen atoms in total. The van der Waals surface area contributed by atoms with Crippen molar-refractivity contribution in [2.75, 3.05) is 0 Å². The molecule has 0 saturated heterocycles. The van der Waals surface area contributed by atoms with Crippen LogP contribution in [-0.2, 0) is 13.2 Å². The summed E-state index contributed by atoms with van der Waals surface area (Å²) in [5.74, 6) is 0. The molecule has 24 heavy (non-hydrogen) atoms. The molecule has 0 spiro atoms. The third-order valence-electron chi connectivity index (χ3n) is 3.70. The van der Waals surface area contributed by atoms with Crippen molar-refractivity contribution in [2.45, 2.75) is 23.1 Å². The van der Waals surface area contributed by atoms with Crippen LogP contribution in [0.15, 0.2) is 64.8 Å². The van der Waals surface area contributed by atoms with Crippen LogP contribution in [0.2, 0.25) is 0 Å². The SMILES string of the molecule is OCc1ccc(Sc2cn(Cc3ccc4cn[nH]c4c3)nn2)cc1. The molecule has 7 heteroatoms. The lowest BCUT2D eigenvalue weighted by Gasteiger charge is -2.01. The van der Waals surface area contributed by atoms with Crippen molar-refractivity contribution in [1.29, 1.82) is 0 Å². The summed E-state index contributed by atoms with van der Waals surface area (Å²) in [4.78, 5) is 1.07. The maximum atomic E-state index is 9.08. The highest BCUT2D eigenvalue weighted by atomic mass is 32.2. The second-order valence-corrected chi connectivity index (χ2v) is 6.54. The third kappa shape index (κ3) is 3.17. The quantitative estimate of drug-likeness (QED) is 0.585. The van der Waals surface area contributed by atoms with Gasteiger partial charge in [0.2, 0.25) is 0 Å². The fourth-order valence-electron chi connectivity index (χ4n) is 2.46.